The molecule has 0 aromatic carbocycles. The van der Waals surface area contributed by atoms with E-state index in [9.17, 15) is 8.78 Å². The third-order valence-electron chi connectivity index (χ3n) is 2.38. The molecule has 1 unspecified atom stereocenters. The molecule has 0 saturated carbocycles. The number of rotatable bonds is 3. The van der Waals surface area contributed by atoms with Crippen molar-refractivity contribution in [2.24, 2.45) is 0 Å². The van der Waals surface area contributed by atoms with Crippen molar-refractivity contribution >= 4 is 11.6 Å². The summed E-state index contributed by atoms with van der Waals surface area (Å²) in [6.07, 6.45) is 2.01. The maximum absolute atomic E-state index is 12.5. The van der Waals surface area contributed by atoms with Crippen LogP contribution in [0, 0.1) is 0 Å². The van der Waals surface area contributed by atoms with E-state index in [2.05, 4.69) is 0 Å². The van der Waals surface area contributed by atoms with E-state index in [0.717, 1.165) is 19.4 Å². The summed E-state index contributed by atoms with van der Waals surface area (Å²) in [7, 11) is 0. The van der Waals surface area contributed by atoms with E-state index in [0.29, 0.717) is 13.0 Å². The van der Waals surface area contributed by atoms with Gasteiger partial charge in [0.1, 0.15) is 0 Å². The van der Waals surface area contributed by atoms with E-state index < -0.39 is 12.5 Å². The molecule has 1 heterocycles. The van der Waals surface area contributed by atoms with Crippen molar-refractivity contribution in [3.05, 3.63) is 11.6 Å². The van der Waals surface area contributed by atoms with Gasteiger partial charge in [-0.25, -0.2) is 8.78 Å². The molecule has 0 aromatic heterocycles. The summed E-state index contributed by atoms with van der Waals surface area (Å²) in [5.41, 5.74) is 1.39. The molecular formula is C9H14ClF2N. The van der Waals surface area contributed by atoms with Crippen molar-refractivity contribution in [3.8, 4) is 0 Å². The first-order valence-electron chi connectivity index (χ1n) is 4.53. The van der Waals surface area contributed by atoms with Gasteiger partial charge >= 0.3 is 0 Å². The summed E-state index contributed by atoms with van der Waals surface area (Å²) >= 11 is 5.35. The van der Waals surface area contributed by atoms with Crippen LogP contribution >= 0.6 is 11.6 Å². The first kappa shape index (κ1) is 10.9. The van der Waals surface area contributed by atoms with E-state index in [-0.39, 0.29) is 0 Å². The minimum Gasteiger partial charge on any atom is -0.291 e. The summed E-state index contributed by atoms with van der Waals surface area (Å²) in [5, 5.41) is 0. The van der Waals surface area contributed by atoms with Gasteiger partial charge in [0.2, 0.25) is 0 Å². The monoisotopic (exact) mass is 209 g/mol. The number of halogens is 3. The highest BCUT2D eigenvalue weighted by Gasteiger charge is 2.28. The Morgan fingerprint density at radius 1 is 1.46 bits per heavy atom. The Kier molecular flexibility index (Phi) is 4.67. The quantitative estimate of drug-likeness (QED) is 0.691. The zero-order valence-corrected chi connectivity index (χ0v) is 8.18. The van der Waals surface area contributed by atoms with Crippen LogP contribution in [-0.2, 0) is 0 Å². The summed E-state index contributed by atoms with van der Waals surface area (Å²) in [4.78, 5) is 1.80. The topological polar surface area (TPSA) is 3.24 Å². The second-order valence-electron chi connectivity index (χ2n) is 3.25. The van der Waals surface area contributed by atoms with Gasteiger partial charge in [-0.15, -0.1) is 0 Å². The molecule has 0 aliphatic carbocycles. The highest BCUT2D eigenvalue weighted by atomic mass is 35.5. The Hall–Kier alpha value is -0.150. The van der Waals surface area contributed by atoms with Crippen LogP contribution in [0.4, 0.5) is 8.78 Å². The van der Waals surface area contributed by atoms with Crippen LogP contribution in [0.1, 0.15) is 19.3 Å². The molecule has 1 saturated heterocycles. The standard InChI is InChI=1S/C9H14ClF2N/c10-5-3-7-13-6-2-1-4-8(13)9(11)12/h3,5,8-9H,1-2,4,6-7H2/b5-3+. The molecule has 76 valence electrons. The third-order valence-corrected chi connectivity index (χ3v) is 2.56. The molecule has 0 amide bonds. The second kappa shape index (κ2) is 5.55. The molecular weight excluding hydrogens is 196 g/mol. The number of likely N-dealkylation sites (tertiary alicyclic amines) is 1. The van der Waals surface area contributed by atoms with Gasteiger partial charge in [0.15, 0.2) is 0 Å². The molecule has 1 nitrogen and oxygen atoms in total. The lowest BCUT2D eigenvalue weighted by molar-refractivity contribution is 0.0104. The number of hydrogen-bond donors (Lipinski definition) is 0. The Morgan fingerprint density at radius 3 is 2.85 bits per heavy atom. The first-order valence-corrected chi connectivity index (χ1v) is 4.96. The Morgan fingerprint density at radius 2 is 2.23 bits per heavy atom. The van der Waals surface area contributed by atoms with Crippen molar-refractivity contribution in [1.29, 1.82) is 0 Å². The van der Waals surface area contributed by atoms with Gasteiger partial charge in [0.25, 0.3) is 6.43 Å². The van der Waals surface area contributed by atoms with Gasteiger partial charge < -0.3 is 0 Å². The zero-order valence-electron chi connectivity index (χ0n) is 7.43. The first-order chi connectivity index (χ1) is 6.25. The van der Waals surface area contributed by atoms with E-state index >= 15 is 0 Å². The predicted molar refractivity (Wildman–Crippen MR) is 50.2 cm³/mol. The Balaban J connectivity index is 2.46. The average molecular weight is 210 g/mol. The van der Waals surface area contributed by atoms with E-state index in [1.54, 1.807) is 11.0 Å². The highest BCUT2D eigenvalue weighted by Crippen LogP contribution is 2.21. The van der Waals surface area contributed by atoms with Crippen molar-refractivity contribution in [1.82, 2.24) is 4.90 Å². The maximum Gasteiger partial charge on any atom is 0.253 e. The summed E-state index contributed by atoms with van der Waals surface area (Å²) in [5.74, 6) is 0. The normalized spacial score (nSPS) is 26.0. The maximum atomic E-state index is 12.5. The Labute approximate surface area is 82.4 Å². The number of nitrogens with zero attached hydrogens (tertiary/aromatic N) is 1. The van der Waals surface area contributed by atoms with E-state index in [1.165, 1.54) is 5.54 Å². The molecule has 0 N–H and O–H groups in total. The molecule has 1 aliphatic rings. The minimum absolute atomic E-state index is 0.540. The van der Waals surface area contributed by atoms with E-state index in [1.807, 2.05) is 0 Å². The van der Waals surface area contributed by atoms with Gasteiger partial charge in [-0.1, -0.05) is 24.1 Å². The van der Waals surface area contributed by atoms with Crippen LogP contribution in [0.3, 0.4) is 0 Å². The average Bonchev–Trinajstić information content (AvgIpc) is 2.15. The molecule has 1 atom stereocenters. The SMILES string of the molecule is FC(F)C1CCCCN1C/C=C/Cl. The molecule has 1 rings (SSSR count). The van der Waals surface area contributed by atoms with Crippen LogP contribution in [0.15, 0.2) is 11.6 Å². The van der Waals surface area contributed by atoms with Crippen molar-refractivity contribution in [3.63, 3.8) is 0 Å². The molecule has 0 spiro atoms. The summed E-state index contributed by atoms with van der Waals surface area (Å²) in [6.45, 7) is 1.30. The molecule has 0 aromatic rings. The van der Waals surface area contributed by atoms with Crippen LogP contribution in [-0.4, -0.2) is 30.5 Å². The van der Waals surface area contributed by atoms with Gasteiger partial charge in [-0.2, -0.15) is 0 Å². The van der Waals surface area contributed by atoms with Crippen LogP contribution in [0.5, 0.6) is 0 Å². The predicted octanol–water partition coefficient (Wildman–Crippen LogP) is 2.86. The van der Waals surface area contributed by atoms with Crippen molar-refractivity contribution in [2.45, 2.75) is 31.7 Å². The highest BCUT2D eigenvalue weighted by molar-refractivity contribution is 6.25. The summed E-state index contributed by atoms with van der Waals surface area (Å²) < 4.78 is 25.0. The van der Waals surface area contributed by atoms with Gasteiger partial charge in [0, 0.05) is 12.1 Å². The van der Waals surface area contributed by atoms with Crippen molar-refractivity contribution in [2.75, 3.05) is 13.1 Å². The lowest BCUT2D eigenvalue weighted by Crippen LogP contribution is -2.43. The lowest BCUT2D eigenvalue weighted by Gasteiger charge is -2.34. The number of piperidine rings is 1. The number of alkyl halides is 2. The van der Waals surface area contributed by atoms with Crippen LogP contribution in [0.2, 0.25) is 0 Å². The molecule has 4 heteroatoms. The molecule has 1 fully saturated rings. The third kappa shape index (κ3) is 3.24. The van der Waals surface area contributed by atoms with Gasteiger partial charge in [-0.3, -0.25) is 4.90 Å². The fourth-order valence-corrected chi connectivity index (χ4v) is 1.78. The lowest BCUT2D eigenvalue weighted by atomic mass is 10.0. The fourth-order valence-electron chi connectivity index (χ4n) is 1.70. The largest absolute Gasteiger partial charge is 0.291 e. The fraction of sp³-hybridized carbons (Fsp3) is 0.778. The van der Waals surface area contributed by atoms with E-state index in [4.69, 9.17) is 11.6 Å². The van der Waals surface area contributed by atoms with Gasteiger partial charge in [-0.05, 0) is 19.4 Å². The zero-order chi connectivity index (χ0) is 9.68. The molecule has 0 radical (unpaired) electrons. The second-order valence-corrected chi connectivity index (χ2v) is 3.51. The smallest absolute Gasteiger partial charge is 0.253 e. The summed E-state index contributed by atoms with van der Waals surface area (Å²) in [6, 6.07) is -0.568. The Bertz CT molecular complexity index is 173. The molecule has 0 bridgehead atoms. The number of hydrogen-bond acceptors (Lipinski definition) is 1. The molecule has 1 aliphatic heterocycles. The van der Waals surface area contributed by atoms with Crippen molar-refractivity contribution < 1.29 is 8.78 Å². The van der Waals surface area contributed by atoms with Gasteiger partial charge in [0.05, 0.1) is 6.04 Å². The minimum atomic E-state index is -2.23. The van der Waals surface area contributed by atoms with Crippen LogP contribution < -0.4 is 0 Å². The molecule has 13 heavy (non-hydrogen) atoms. The van der Waals surface area contributed by atoms with Crippen LogP contribution in [0.25, 0.3) is 0 Å².